The minimum atomic E-state index is -0.368. The Morgan fingerprint density at radius 1 is 1.00 bits per heavy atom. The summed E-state index contributed by atoms with van der Waals surface area (Å²) in [5, 5.41) is 6.54. The van der Waals surface area contributed by atoms with Crippen molar-refractivity contribution in [3.8, 4) is 11.3 Å². The van der Waals surface area contributed by atoms with Crippen LogP contribution in [0.15, 0.2) is 59.1 Å². The van der Waals surface area contributed by atoms with Gasteiger partial charge in [-0.2, -0.15) is 0 Å². The zero-order chi connectivity index (χ0) is 17.1. The average molecular weight is 320 g/mol. The second kappa shape index (κ2) is 6.50. The Balaban J connectivity index is 1.73. The topological polar surface area (TPSA) is 72.2 Å². The van der Waals surface area contributed by atoms with Crippen LogP contribution >= 0.6 is 0 Å². The van der Waals surface area contributed by atoms with Crippen molar-refractivity contribution in [3.05, 3.63) is 71.4 Å². The van der Waals surface area contributed by atoms with Gasteiger partial charge in [0.15, 0.2) is 17.2 Å². The number of nitrogens with one attached hydrogen (secondary N) is 1. The monoisotopic (exact) mass is 320 g/mol. The molecule has 120 valence electrons. The molecule has 0 radical (unpaired) electrons. The lowest BCUT2D eigenvalue weighted by molar-refractivity contribution is 0.101. The summed E-state index contributed by atoms with van der Waals surface area (Å²) in [5.74, 6) is 0.145. The number of anilines is 1. The number of rotatable bonds is 4. The number of benzene rings is 2. The summed E-state index contributed by atoms with van der Waals surface area (Å²) >= 11 is 0. The van der Waals surface area contributed by atoms with Crippen molar-refractivity contribution in [1.29, 1.82) is 0 Å². The van der Waals surface area contributed by atoms with Gasteiger partial charge in [0.2, 0.25) is 0 Å². The SMILES string of the molecule is CC(=O)c1ccc(NC(=O)c2cc(-c3ccc(C)cc3)on2)cc1. The highest BCUT2D eigenvalue weighted by Crippen LogP contribution is 2.21. The average Bonchev–Trinajstić information content (AvgIpc) is 3.06. The fourth-order valence-corrected chi connectivity index (χ4v) is 2.22. The first-order valence-electron chi connectivity index (χ1n) is 7.49. The lowest BCUT2D eigenvalue weighted by Crippen LogP contribution is -2.12. The number of Topliss-reactive ketones (excluding diaryl/α,β-unsaturated/α-hetero) is 1. The fourth-order valence-electron chi connectivity index (χ4n) is 2.22. The largest absolute Gasteiger partial charge is 0.355 e. The van der Waals surface area contributed by atoms with E-state index in [1.807, 2.05) is 31.2 Å². The van der Waals surface area contributed by atoms with Crippen molar-refractivity contribution in [2.45, 2.75) is 13.8 Å². The zero-order valence-electron chi connectivity index (χ0n) is 13.4. The molecule has 0 aliphatic heterocycles. The van der Waals surface area contributed by atoms with E-state index in [1.54, 1.807) is 30.3 Å². The summed E-state index contributed by atoms with van der Waals surface area (Å²) in [6.07, 6.45) is 0. The second-order valence-electron chi connectivity index (χ2n) is 5.53. The molecule has 1 amide bonds. The Morgan fingerprint density at radius 2 is 1.67 bits per heavy atom. The number of aromatic nitrogens is 1. The van der Waals surface area contributed by atoms with Gasteiger partial charge in [0.05, 0.1) is 0 Å². The van der Waals surface area contributed by atoms with E-state index in [0.29, 0.717) is 17.0 Å². The third-order valence-electron chi connectivity index (χ3n) is 3.63. The van der Waals surface area contributed by atoms with Gasteiger partial charge in [-0.05, 0) is 38.1 Å². The van der Waals surface area contributed by atoms with Crippen molar-refractivity contribution in [1.82, 2.24) is 5.16 Å². The molecular weight excluding hydrogens is 304 g/mol. The molecule has 5 heteroatoms. The molecule has 3 rings (SSSR count). The Labute approximate surface area is 139 Å². The van der Waals surface area contributed by atoms with Gasteiger partial charge in [-0.25, -0.2) is 0 Å². The van der Waals surface area contributed by atoms with Gasteiger partial charge in [-0.3, -0.25) is 9.59 Å². The minimum Gasteiger partial charge on any atom is -0.355 e. The van der Waals surface area contributed by atoms with Crippen LogP contribution in [0.1, 0.15) is 33.3 Å². The normalized spacial score (nSPS) is 10.4. The lowest BCUT2D eigenvalue weighted by atomic mass is 10.1. The number of carbonyl (C=O) groups is 2. The second-order valence-corrected chi connectivity index (χ2v) is 5.53. The van der Waals surface area contributed by atoms with Crippen LogP contribution in [0.3, 0.4) is 0 Å². The van der Waals surface area contributed by atoms with Gasteiger partial charge in [0.1, 0.15) is 0 Å². The van der Waals surface area contributed by atoms with E-state index in [1.165, 1.54) is 6.92 Å². The zero-order valence-corrected chi connectivity index (χ0v) is 13.4. The summed E-state index contributed by atoms with van der Waals surface area (Å²) in [4.78, 5) is 23.5. The van der Waals surface area contributed by atoms with Crippen LogP contribution < -0.4 is 5.32 Å². The van der Waals surface area contributed by atoms with Crippen molar-refractivity contribution < 1.29 is 14.1 Å². The molecule has 2 aromatic carbocycles. The van der Waals surface area contributed by atoms with E-state index in [-0.39, 0.29) is 17.4 Å². The maximum absolute atomic E-state index is 12.2. The first kappa shape index (κ1) is 15.7. The molecule has 5 nitrogen and oxygen atoms in total. The molecule has 0 saturated heterocycles. The third kappa shape index (κ3) is 3.41. The van der Waals surface area contributed by atoms with Gasteiger partial charge in [0, 0.05) is 22.9 Å². The number of carbonyl (C=O) groups excluding carboxylic acids is 2. The highest BCUT2D eigenvalue weighted by Gasteiger charge is 2.14. The number of aryl methyl sites for hydroxylation is 1. The van der Waals surface area contributed by atoms with Crippen LogP contribution in [-0.4, -0.2) is 16.8 Å². The van der Waals surface area contributed by atoms with Crippen LogP contribution in [0.4, 0.5) is 5.69 Å². The maximum Gasteiger partial charge on any atom is 0.277 e. The summed E-state index contributed by atoms with van der Waals surface area (Å²) in [6.45, 7) is 3.50. The lowest BCUT2D eigenvalue weighted by Gasteiger charge is -2.03. The Morgan fingerprint density at radius 3 is 2.29 bits per heavy atom. The predicted octanol–water partition coefficient (Wildman–Crippen LogP) is 4.10. The third-order valence-corrected chi connectivity index (χ3v) is 3.63. The molecule has 0 aliphatic carbocycles. The van der Waals surface area contributed by atoms with Gasteiger partial charge < -0.3 is 9.84 Å². The molecule has 0 spiro atoms. The van der Waals surface area contributed by atoms with E-state index in [9.17, 15) is 9.59 Å². The van der Waals surface area contributed by atoms with Crippen LogP contribution in [0.2, 0.25) is 0 Å². The summed E-state index contributed by atoms with van der Waals surface area (Å²) in [6, 6.07) is 16.0. The van der Waals surface area contributed by atoms with Crippen molar-refractivity contribution in [2.75, 3.05) is 5.32 Å². The molecule has 3 aromatic rings. The molecular formula is C19H16N2O3. The molecule has 0 saturated carbocycles. The molecule has 0 bridgehead atoms. The quantitative estimate of drug-likeness (QED) is 0.734. The van der Waals surface area contributed by atoms with E-state index in [0.717, 1.165) is 11.1 Å². The van der Waals surface area contributed by atoms with Crippen molar-refractivity contribution >= 4 is 17.4 Å². The fraction of sp³-hybridized carbons (Fsp3) is 0.105. The van der Waals surface area contributed by atoms with Crippen molar-refractivity contribution in [2.24, 2.45) is 0 Å². The van der Waals surface area contributed by atoms with Gasteiger partial charge >= 0.3 is 0 Å². The molecule has 24 heavy (non-hydrogen) atoms. The summed E-state index contributed by atoms with van der Waals surface area (Å²) in [7, 11) is 0. The van der Waals surface area contributed by atoms with E-state index in [2.05, 4.69) is 10.5 Å². The number of hydrogen-bond donors (Lipinski definition) is 1. The molecule has 0 unspecified atom stereocenters. The van der Waals surface area contributed by atoms with Gasteiger partial charge in [0.25, 0.3) is 5.91 Å². The van der Waals surface area contributed by atoms with Crippen LogP contribution in [0.25, 0.3) is 11.3 Å². The molecule has 1 aromatic heterocycles. The molecule has 0 fully saturated rings. The van der Waals surface area contributed by atoms with Gasteiger partial charge in [-0.1, -0.05) is 35.0 Å². The molecule has 1 N–H and O–H groups in total. The first-order valence-corrected chi connectivity index (χ1v) is 7.49. The van der Waals surface area contributed by atoms with Crippen LogP contribution in [0.5, 0.6) is 0 Å². The standard InChI is InChI=1S/C19H16N2O3/c1-12-3-5-15(6-4-12)18-11-17(21-24-18)19(23)20-16-9-7-14(8-10-16)13(2)22/h3-11H,1-2H3,(H,20,23). The number of ketones is 1. The number of amides is 1. The van der Waals surface area contributed by atoms with Gasteiger partial charge in [-0.15, -0.1) is 0 Å². The van der Waals surface area contributed by atoms with Crippen molar-refractivity contribution in [3.63, 3.8) is 0 Å². The summed E-state index contributed by atoms with van der Waals surface area (Å²) in [5.41, 5.74) is 3.38. The van der Waals surface area contributed by atoms with Crippen LogP contribution in [-0.2, 0) is 0 Å². The first-order chi connectivity index (χ1) is 11.5. The van der Waals surface area contributed by atoms with Crippen LogP contribution in [0, 0.1) is 6.92 Å². The minimum absolute atomic E-state index is 0.0212. The Bertz CT molecular complexity index is 878. The maximum atomic E-state index is 12.2. The van der Waals surface area contributed by atoms with E-state index in [4.69, 9.17) is 4.52 Å². The van der Waals surface area contributed by atoms with E-state index >= 15 is 0 Å². The summed E-state index contributed by atoms with van der Waals surface area (Å²) < 4.78 is 5.24. The Kier molecular flexibility index (Phi) is 4.24. The molecule has 1 heterocycles. The highest BCUT2D eigenvalue weighted by molar-refractivity contribution is 6.03. The van der Waals surface area contributed by atoms with E-state index < -0.39 is 0 Å². The number of hydrogen-bond acceptors (Lipinski definition) is 4. The highest BCUT2D eigenvalue weighted by atomic mass is 16.5. The molecule has 0 aliphatic rings. The number of nitrogens with zero attached hydrogens (tertiary/aromatic N) is 1. The predicted molar refractivity (Wildman–Crippen MR) is 91.1 cm³/mol. The molecule has 0 atom stereocenters. The Hall–Kier alpha value is -3.21. The smallest absolute Gasteiger partial charge is 0.277 e.